The highest BCUT2D eigenvalue weighted by Crippen LogP contribution is 2.19. The molecule has 0 spiro atoms. The zero-order valence-electron chi connectivity index (χ0n) is 15.1. The Morgan fingerprint density at radius 3 is 3.04 bits per heavy atom. The van der Waals surface area contributed by atoms with Crippen molar-refractivity contribution in [2.24, 2.45) is 0 Å². The Labute approximate surface area is 152 Å². The average molecular weight is 358 g/mol. The maximum atomic E-state index is 12.4. The van der Waals surface area contributed by atoms with Crippen LogP contribution in [0.2, 0.25) is 0 Å². The molecular formula is C19H26N4O3. The van der Waals surface area contributed by atoms with Gasteiger partial charge in [0.2, 0.25) is 5.88 Å². The number of hydrogen-bond acceptors (Lipinski definition) is 5. The number of aromatic hydroxyl groups is 1. The van der Waals surface area contributed by atoms with Gasteiger partial charge in [-0.05, 0) is 44.4 Å². The van der Waals surface area contributed by atoms with Gasteiger partial charge >= 0.3 is 0 Å². The molecule has 3 heterocycles. The van der Waals surface area contributed by atoms with Crippen LogP contribution in [-0.4, -0.2) is 51.0 Å². The van der Waals surface area contributed by atoms with Crippen molar-refractivity contribution in [1.29, 1.82) is 0 Å². The van der Waals surface area contributed by atoms with Gasteiger partial charge in [0.05, 0.1) is 0 Å². The smallest absolute Gasteiger partial charge is 0.274 e. The highest BCUT2D eigenvalue weighted by molar-refractivity contribution is 5.96. The minimum atomic E-state index is -0.580. The Morgan fingerprint density at radius 1 is 1.38 bits per heavy atom. The predicted octanol–water partition coefficient (Wildman–Crippen LogP) is 1.78. The molecule has 0 aliphatic carbocycles. The lowest BCUT2D eigenvalue weighted by Gasteiger charge is -2.35. The molecule has 1 amide bonds. The standard InChI is InChI=1S/C19H26N4O3/c1-2-14-8-3-5-11-22(14)12-7-10-20-17(24)16-18(25)21-15-9-4-6-13-23(15)19(16)26/h4,6,9,13-14,25H,2-3,5,7-8,10-12H2,1H3,(H,20,24)/t14-/m1/s1. The molecule has 0 saturated carbocycles. The summed E-state index contributed by atoms with van der Waals surface area (Å²) in [4.78, 5) is 31.2. The quantitative estimate of drug-likeness (QED) is 0.769. The number of carbonyl (C=O) groups excluding carboxylic acids is 1. The van der Waals surface area contributed by atoms with E-state index < -0.39 is 17.3 Å². The first-order valence-corrected chi connectivity index (χ1v) is 9.34. The molecule has 7 nitrogen and oxygen atoms in total. The number of piperidine rings is 1. The van der Waals surface area contributed by atoms with Gasteiger partial charge in [-0.25, -0.2) is 0 Å². The Morgan fingerprint density at radius 2 is 2.23 bits per heavy atom. The first-order chi connectivity index (χ1) is 12.6. The van der Waals surface area contributed by atoms with E-state index in [9.17, 15) is 14.7 Å². The van der Waals surface area contributed by atoms with Crippen LogP contribution in [0.3, 0.4) is 0 Å². The molecule has 2 N–H and O–H groups in total. The van der Waals surface area contributed by atoms with Gasteiger partial charge in [0.15, 0.2) is 5.56 Å². The number of nitrogens with one attached hydrogen (secondary N) is 1. The van der Waals surface area contributed by atoms with E-state index in [0.29, 0.717) is 18.2 Å². The van der Waals surface area contributed by atoms with Gasteiger partial charge in [-0.15, -0.1) is 0 Å². The number of nitrogens with zero attached hydrogens (tertiary/aromatic N) is 3. The third-order valence-electron chi connectivity index (χ3n) is 5.07. The van der Waals surface area contributed by atoms with Gasteiger partial charge in [-0.2, -0.15) is 4.98 Å². The fraction of sp³-hybridized carbons (Fsp3) is 0.526. The van der Waals surface area contributed by atoms with Crippen LogP contribution in [0.15, 0.2) is 29.2 Å². The van der Waals surface area contributed by atoms with Crippen molar-refractivity contribution in [2.75, 3.05) is 19.6 Å². The molecule has 0 aromatic carbocycles. The van der Waals surface area contributed by atoms with Crippen LogP contribution in [0.4, 0.5) is 0 Å². The second-order valence-electron chi connectivity index (χ2n) is 6.75. The second kappa shape index (κ2) is 8.31. The van der Waals surface area contributed by atoms with Gasteiger partial charge in [0.25, 0.3) is 11.5 Å². The third-order valence-corrected chi connectivity index (χ3v) is 5.07. The Balaban J connectivity index is 1.60. The first kappa shape index (κ1) is 18.4. The monoisotopic (exact) mass is 358 g/mol. The van der Waals surface area contributed by atoms with Crippen LogP contribution >= 0.6 is 0 Å². The maximum absolute atomic E-state index is 12.4. The zero-order valence-corrected chi connectivity index (χ0v) is 15.1. The summed E-state index contributed by atoms with van der Waals surface area (Å²) < 4.78 is 1.26. The van der Waals surface area contributed by atoms with Crippen molar-refractivity contribution < 1.29 is 9.90 Å². The second-order valence-corrected chi connectivity index (χ2v) is 6.75. The lowest BCUT2D eigenvalue weighted by molar-refractivity contribution is 0.0942. The lowest BCUT2D eigenvalue weighted by atomic mass is 10.00. The summed E-state index contributed by atoms with van der Waals surface area (Å²) in [5, 5.41) is 12.7. The van der Waals surface area contributed by atoms with E-state index >= 15 is 0 Å². The van der Waals surface area contributed by atoms with Crippen LogP contribution in [-0.2, 0) is 0 Å². The molecule has 2 aromatic rings. The molecule has 140 valence electrons. The SMILES string of the molecule is CC[C@@H]1CCCCN1CCCNC(=O)c1c(O)nc2ccccn2c1=O. The van der Waals surface area contributed by atoms with E-state index in [0.717, 1.165) is 25.9 Å². The summed E-state index contributed by atoms with van der Waals surface area (Å²) in [6.45, 7) is 4.72. The molecular weight excluding hydrogens is 332 g/mol. The fourth-order valence-electron chi connectivity index (χ4n) is 3.67. The van der Waals surface area contributed by atoms with E-state index in [-0.39, 0.29) is 5.56 Å². The van der Waals surface area contributed by atoms with Crippen molar-refractivity contribution in [1.82, 2.24) is 19.6 Å². The van der Waals surface area contributed by atoms with Crippen LogP contribution < -0.4 is 10.9 Å². The molecule has 0 radical (unpaired) electrons. The number of aromatic nitrogens is 2. The molecule has 0 bridgehead atoms. The van der Waals surface area contributed by atoms with E-state index in [1.807, 2.05) is 0 Å². The molecule has 0 unspecified atom stereocenters. The zero-order chi connectivity index (χ0) is 18.5. The van der Waals surface area contributed by atoms with Crippen molar-refractivity contribution >= 4 is 11.6 Å². The summed E-state index contributed by atoms with van der Waals surface area (Å²) >= 11 is 0. The fourth-order valence-corrected chi connectivity index (χ4v) is 3.67. The molecule has 1 aliphatic rings. The summed E-state index contributed by atoms with van der Waals surface area (Å²) in [6.07, 6.45) is 7.27. The Hall–Kier alpha value is -2.41. The topological polar surface area (TPSA) is 86.9 Å². The van der Waals surface area contributed by atoms with E-state index in [1.54, 1.807) is 18.2 Å². The van der Waals surface area contributed by atoms with Crippen molar-refractivity contribution in [3.8, 4) is 5.88 Å². The highest BCUT2D eigenvalue weighted by atomic mass is 16.3. The minimum Gasteiger partial charge on any atom is -0.493 e. The van der Waals surface area contributed by atoms with Gasteiger partial charge < -0.3 is 15.3 Å². The van der Waals surface area contributed by atoms with Gasteiger partial charge in [-0.3, -0.25) is 14.0 Å². The first-order valence-electron chi connectivity index (χ1n) is 9.34. The van der Waals surface area contributed by atoms with Crippen LogP contribution in [0.5, 0.6) is 5.88 Å². The molecule has 1 atom stereocenters. The van der Waals surface area contributed by atoms with Gasteiger partial charge in [0, 0.05) is 25.3 Å². The Bertz CT molecular complexity index is 833. The minimum absolute atomic E-state index is 0.307. The highest BCUT2D eigenvalue weighted by Gasteiger charge is 2.21. The number of likely N-dealkylation sites (tertiary alicyclic amines) is 1. The van der Waals surface area contributed by atoms with Gasteiger partial charge in [0.1, 0.15) is 5.65 Å². The molecule has 7 heteroatoms. The normalized spacial score (nSPS) is 18.1. The summed E-state index contributed by atoms with van der Waals surface area (Å²) in [5.41, 5.74) is -0.562. The number of amides is 1. The van der Waals surface area contributed by atoms with E-state index in [4.69, 9.17) is 0 Å². The predicted molar refractivity (Wildman–Crippen MR) is 99.6 cm³/mol. The third kappa shape index (κ3) is 3.88. The molecule has 1 fully saturated rings. The Kier molecular flexibility index (Phi) is 5.88. The summed E-state index contributed by atoms with van der Waals surface area (Å²) in [7, 11) is 0. The number of fused-ring (bicyclic) bond motifs is 1. The van der Waals surface area contributed by atoms with E-state index in [2.05, 4.69) is 22.1 Å². The maximum Gasteiger partial charge on any atom is 0.274 e. The molecule has 1 saturated heterocycles. The number of rotatable bonds is 6. The average Bonchev–Trinajstić information content (AvgIpc) is 2.65. The van der Waals surface area contributed by atoms with Crippen LogP contribution in [0, 0.1) is 0 Å². The molecule has 26 heavy (non-hydrogen) atoms. The largest absolute Gasteiger partial charge is 0.493 e. The summed E-state index contributed by atoms with van der Waals surface area (Å²) in [5.74, 6) is -1.11. The van der Waals surface area contributed by atoms with Crippen LogP contribution in [0.1, 0.15) is 49.4 Å². The molecule has 3 rings (SSSR count). The van der Waals surface area contributed by atoms with Crippen molar-refractivity contribution in [3.63, 3.8) is 0 Å². The lowest BCUT2D eigenvalue weighted by Crippen LogP contribution is -2.41. The van der Waals surface area contributed by atoms with Crippen LogP contribution in [0.25, 0.3) is 5.65 Å². The van der Waals surface area contributed by atoms with Crippen molar-refractivity contribution in [3.05, 3.63) is 40.3 Å². The number of pyridine rings is 1. The number of hydrogen-bond donors (Lipinski definition) is 2. The van der Waals surface area contributed by atoms with Crippen molar-refractivity contribution in [2.45, 2.75) is 45.1 Å². The summed E-state index contributed by atoms with van der Waals surface area (Å²) in [6, 6.07) is 5.63. The van der Waals surface area contributed by atoms with Gasteiger partial charge in [-0.1, -0.05) is 19.4 Å². The molecule has 1 aliphatic heterocycles. The van der Waals surface area contributed by atoms with E-state index in [1.165, 1.54) is 29.9 Å². The molecule has 2 aromatic heterocycles. The number of carbonyl (C=O) groups is 1.